The summed E-state index contributed by atoms with van der Waals surface area (Å²) < 4.78 is 13.4. The highest BCUT2D eigenvalue weighted by molar-refractivity contribution is 7.22. The van der Waals surface area contributed by atoms with Gasteiger partial charge < -0.3 is 14.9 Å². The van der Waals surface area contributed by atoms with E-state index >= 15 is 0 Å². The number of ether oxygens (including phenoxy) is 1. The largest absolute Gasteiger partial charge is 0.419 e. The highest BCUT2D eigenvalue weighted by Gasteiger charge is 2.28. The highest BCUT2D eigenvalue weighted by atomic mass is 32.1. The summed E-state index contributed by atoms with van der Waals surface area (Å²) in [6.07, 6.45) is 0.614. The Balaban J connectivity index is 1.40. The Hall–Kier alpha value is -3.45. The SMILES string of the molecule is Cn1c(=O)oc2ccc(-c3cc4ccc(C[C@@H](C#N)N5CCCOC(C(N)=O)C5)cc4s3)cc21. The summed E-state index contributed by atoms with van der Waals surface area (Å²) >= 11 is 1.67. The van der Waals surface area contributed by atoms with Crippen LogP contribution < -0.4 is 11.5 Å². The van der Waals surface area contributed by atoms with E-state index < -0.39 is 12.0 Å². The zero-order valence-corrected chi connectivity index (χ0v) is 19.5. The van der Waals surface area contributed by atoms with Crippen LogP contribution in [0.5, 0.6) is 0 Å². The maximum absolute atomic E-state index is 11.8. The maximum Gasteiger partial charge on any atom is 0.419 e. The molecule has 2 N–H and O–H groups in total. The smallest absolute Gasteiger partial charge is 0.408 e. The molecule has 5 rings (SSSR count). The van der Waals surface area contributed by atoms with Crippen LogP contribution in [0.15, 0.2) is 51.7 Å². The summed E-state index contributed by atoms with van der Waals surface area (Å²) in [4.78, 5) is 26.5. The summed E-state index contributed by atoms with van der Waals surface area (Å²) in [5, 5.41) is 11.0. The minimum Gasteiger partial charge on any atom is -0.408 e. The fraction of sp³-hybridized carbons (Fsp3) is 0.320. The van der Waals surface area contributed by atoms with Gasteiger partial charge in [0.05, 0.1) is 11.6 Å². The van der Waals surface area contributed by atoms with E-state index in [1.807, 2.05) is 29.2 Å². The zero-order chi connectivity index (χ0) is 23.8. The van der Waals surface area contributed by atoms with Crippen LogP contribution in [0.2, 0.25) is 0 Å². The molecule has 1 fully saturated rings. The second-order valence-corrected chi connectivity index (χ2v) is 9.64. The number of nitrogens with zero attached hydrogens (tertiary/aromatic N) is 3. The second kappa shape index (κ2) is 9.06. The molecule has 0 aliphatic carbocycles. The van der Waals surface area contributed by atoms with Gasteiger partial charge in [-0.3, -0.25) is 14.3 Å². The van der Waals surface area contributed by atoms with Gasteiger partial charge in [-0.15, -0.1) is 11.3 Å². The third-order valence-electron chi connectivity index (χ3n) is 6.31. The molecule has 1 unspecified atom stereocenters. The van der Waals surface area contributed by atoms with Crippen molar-refractivity contribution in [1.29, 1.82) is 5.26 Å². The summed E-state index contributed by atoms with van der Waals surface area (Å²) in [5.74, 6) is -0.872. The third-order valence-corrected chi connectivity index (χ3v) is 7.45. The number of thiophene rings is 1. The second-order valence-electron chi connectivity index (χ2n) is 8.55. The number of primary amides is 1. The van der Waals surface area contributed by atoms with E-state index in [9.17, 15) is 14.9 Å². The van der Waals surface area contributed by atoms with Gasteiger partial charge in [-0.05, 0) is 53.3 Å². The minimum atomic E-state index is -0.687. The number of aryl methyl sites for hydroxylation is 1. The number of rotatable bonds is 5. The fourth-order valence-corrected chi connectivity index (χ4v) is 5.53. The van der Waals surface area contributed by atoms with Crippen molar-refractivity contribution in [2.75, 3.05) is 19.7 Å². The van der Waals surface area contributed by atoms with E-state index in [2.05, 4.69) is 24.3 Å². The molecule has 0 spiro atoms. The number of hydrogen-bond acceptors (Lipinski definition) is 7. The standard InChI is InChI=1S/C25H24N4O4S/c1-28-19-11-16(5-6-20(19)33-25(28)31)23-12-17-4-3-15(10-22(17)34-23)9-18(13-26)29-7-2-8-32-21(14-29)24(27)30/h3-6,10-12,18,21H,2,7-9,14H2,1H3,(H2,27,30)/t18-,21?/m0/s1. The van der Waals surface area contributed by atoms with Gasteiger partial charge >= 0.3 is 5.76 Å². The summed E-state index contributed by atoms with van der Waals surface area (Å²) in [5.41, 5.74) is 8.85. The first-order valence-electron chi connectivity index (χ1n) is 11.1. The lowest BCUT2D eigenvalue weighted by molar-refractivity contribution is -0.129. The Labute approximate surface area is 199 Å². The lowest BCUT2D eigenvalue weighted by Gasteiger charge is -2.26. The van der Waals surface area contributed by atoms with E-state index in [-0.39, 0.29) is 11.8 Å². The van der Waals surface area contributed by atoms with E-state index in [0.717, 1.165) is 38.0 Å². The number of fused-ring (bicyclic) bond motifs is 2. The third kappa shape index (κ3) is 4.23. The lowest BCUT2D eigenvalue weighted by Crippen LogP contribution is -2.44. The molecular weight excluding hydrogens is 452 g/mol. The predicted molar refractivity (Wildman–Crippen MR) is 131 cm³/mol. The van der Waals surface area contributed by atoms with E-state index in [1.165, 1.54) is 4.57 Å². The van der Waals surface area contributed by atoms with Crippen molar-refractivity contribution < 1.29 is 13.9 Å². The number of aromatic nitrogens is 1. The Morgan fingerprint density at radius 3 is 2.94 bits per heavy atom. The van der Waals surface area contributed by atoms with Crippen LogP contribution in [0, 0.1) is 11.3 Å². The molecule has 174 valence electrons. The molecule has 2 aromatic heterocycles. The average molecular weight is 477 g/mol. The normalized spacial score (nSPS) is 18.1. The number of nitrogens with two attached hydrogens (primary N) is 1. The molecule has 1 saturated heterocycles. The van der Waals surface area contributed by atoms with Gasteiger partial charge in [0.2, 0.25) is 5.91 Å². The van der Waals surface area contributed by atoms with Gasteiger partial charge in [-0.25, -0.2) is 4.79 Å². The molecule has 2 aromatic carbocycles. The summed E-state index contributed by atoms with van der Waals surface area (Å²) in [7, 11) is 1.70. The Bertz CT molecular complexity index is 1480. The molecule has 2 atom stereocenters. The Morgan fingerprint density at radius 1 is 1.29 bits per heavy atom. The fourth-order valence-electron chi connectivity index (χ4n) is 4.41. The lowest BCUT2D eigenvalue weighted by atomic mass is 10.0. The average Bonchev–Trinajstić information content (AvgIpc) is 3.26. The molecule has 0 radical (unpaired) electrons. The van der Waals surface area contributed by atoms with Crippen LogP contribution in [-0.4, -0.2) is 47.2 Å². The molecule has 0 saturated carbocycles. The molecule has 1 aliphatic heterocycles. The molecule has 3 heterocycles. The number of carbonyl (C=O) groups is 1. The van der Waals surface area contributed by atoms with Gasteiger partial charge in [0.1, 0.15) is 12.1 Å². The summed E-state index contributed by atoms with van der Waals surface area (Å²) in [6, 6.07) is 16.2. The van der Waals surface area contributed by atoms with Crippen LogP contribution in [0.3, 0.4) is 0 Å². The number of carbonyl (C=O) groups excluding carboxylic acids is 1. The molecule has 1 amide bonds. The number of oxazole rings is 1. The maximum atomic E-state index is 11.8. The molecule has 0 bridgehead atoms. The quantitative estimate of drug-likeness (QED) is 0.474. The van der Waals surface area contributed by atoms with Crippen molar-refractivity contribution in [3.05, 3.63) is 58.6 Å². The molecule has 1 aliphatic rings. The van der Waals surface area contributed by atoms with E-state index in [1.54, 1.807) is 18.4 Å². The van der Waals surface area contributed by atoms with Crippen molar-refractivity contribution in [2.24, 2.45) is 12.8 Å². The van der Waals surface area contributed by atoms with Crippen LogP contribution >= 0.6 is 11.3 Å². The van der Waals surface area contributed by atoms with Gasteiger partial charge in [0, 0.05) is 42.7 Å². The van der Waals surface area contributed by atoms with E-state index in [0.29, 0.717) is 31.7 Å². The number of nitriles is 1. The predicted octanol–water partition coefficient (Wildman–Crippen LogP) is 3.02. The summed E-state index contributed by atoms with van der Waals surface area (Å²) in [6.45, 7) is 1.48. The van der Waals surface area contributed by atoms with Crippen molar-refractivity contribution in [1.82, 2.24) is 9.47 Å². The van der Waals surface area contributed by atoms with Crippen LogP contribution in [-0.2, 0) is 23.0 Å². The monoisotopic (exact) mass is 476 g/mol. The molecule has 34 heavy (non-hydrogen) atoms. The first-order chi connectivity index (χ1) is 16.4. The zero-order valence-electron chi connectivity index (χ0n) is 18.7. The van der Waals surface area contributed by atoms with Crippen LogP contribution in [0.25, 0.3) is 31.6 Å². The number of amides is 1. The topological polar surface area (TPSA) is 114 Å². The van der Waals surface area contributed by atoms with Crippen LogP contribution in [0.4, 0.5) is 0 Å². The van der Waals surface area contributed by atoms with Gasteiger partial charge in [0.15, 0.2) is 5.58 Å². The highest BCUT2D eigenvalue weighted by Crippen LogP contribution is 2.35. The first-order valence-corrected chi connectivity index (χ1v) is 11.9. The molecule has 4 aromatic rings. The van der Waals surface area contributed by atoms with Gasteiger partial charge in [-0.1, -0.05) is 12.1 Å². The minimum absolute atomic E-state index is 0.331. The molecule has 8 nitrogen and oxygen atoms in total. The van der Waals surface area contributed by atoms with Crippen molar-refractivity contribution in [2.45, 2.75) is 25.0 Å². The molecule has 9 heteroatoms. The molecular formula is C25H24N4O4S. The van der Waals surface area contributed by atoms with Crippen LogP contribution in [0.1, 0.15) is 12.0 Å². The van der Waals surface area contributed by atoms with Crippen molar-refractivity contribution >= 4 is 38.4 Å². The first kappa shape index (κ1) is 22.3. The Kier molecular flexibility index (Phi) is 5.96. The van der Waals surface area contributed by atoms with Gasteiger partial charge in [0.25, 0.3) is 0 Å². The Morgan fingerprint density at radius 2 is 2.15 bits per heavy atom. The van der Waals surface area contributed by atoms with Crippen molar-refractivity contribution in [3.63, 3.8) is 0 Å². The number of hydrogen-bond donors (Lipinski definition) is 1. The van der Waals surface area contributed by atoms with Gasteiger partial charge in [-0.2, -0.15) is 5.26 Å². The van der Waals surface area contributed by atoms with E-state index in [4.69, 9.17) is 14.9 Å². The van der Waals surface area contributed by atoms with Crippen molar-refractivity contribution in [3.8, 4) is 16.5 Å². The number of benzene rings is 2.